The molecule has 17 heavy (non-hydrogen) atoms. The van der Waals surface area contributed by atoms with E-state index in [1.54, 1.807) is 0 Å². The number of hydrogen-bond acceptors (Lipinski definition) is 4. The van der Waals surface area contributed by atoms with Gasteiger partial charge >= 0.3 is 11.6 Å². The molecule has 1 aromatic rings. The third kappa shape index (κ3) is 2.60. The maximum Gasteiger partial charge on any atom is 0.372 e. The Kier molecular flexibility index (Phi) is 3.66. The van der Waals surface area contributed by atoms with E-state index in [1.807, 2.05) is 0 Å². The average molecular weight is 239 g/mol. The smallest absolute Gasteiger partial charge is 0.372 e. The molecule has 0 amide bonds. The number of rotatable bonds is 3. The van der Waals surface area contributed by atoms with Crippen LogP contribution in [0.2, 0.25) is 0 Å². The summed E-state index contributed by atoms with van der Waals surface area (Å²) < 4.78 is 9.27. The molecule has 5 nitrogen and oxygen atoms in total. The Labute approximate surface area is 99.1 Å². The summed E-state index contributed by atoms with van der Waals surface area (Å²) in [6.07, 6.45) is 6.71. The first-order valence-corrected chi connectivity index (χ1v) is 6.01. The van der Waals surface area contributed by atoms with Crippen molar-refractivity contribution in [2.24, 2.45) is 5.92 Å². The van der Waals surface area contributed by atoms with Gasteiger partial charge in [-0.25, -0.2) is 14.7 Å². The van der Waals surface area contributed by atoms with Crippen molar-refractivity contribution in [3.05, 3.63) is 21.7 Å². The number of carbonyl (C=O) groups is 1. The summed E-state index contributed by atoms with van der Waals surface area (Å²) in [5.74, 6) is -0.0915. The van der Waals surface area contributed by atoms with Crippen LogP contribution in [0.5, 0.6) is 0 Å². The van der Waals surface area contributed by atoms with Crippen molar-refractivity contribution in [3.63, 3.8) is 0 Å². The fourth-order valence-corrected chi connectivity index (χ4v) is 2.47. The molecule has 94 valence electrons. The molecule has 1 heterocycles. The summed E-state index contributed by atoms with van der Waals surface area (Å²) in [6.45, 7) is 0. The van der Waals surface area contributed by atoms with Crippen LogP contribution in [-0.4, -0.2) is 18.2 Å². The van der Waals surface area contributed by atoms with Crippen molar-refractivity contribution in [1.82, 2.24) is 5.16 Å². The number of ether oxygens (including phenoxy) is 1. The second kappa shape index (κ2) is 5.21. The molecule has 1 aliphatic rings. The monoisotopic (exact) mass is 239 g/mol. The van der Waals surface area contributed by atoms with Crippen LogP contribution in [0.3, 0.4) is 0 Å². The van der Waals surface area contributed by atoms with Gasteiger partial charge in [0.15, 0.2) is 5.56 Å². The molecule has 0 atom stereocenters. The van der Waals surface area contributed by atoms with Gasteiger partial charge in [0, 0.05) is 0 Å². The summed E-state index contributed by atoms with van der Waals surface area (Å²) >= 11 is 0. The zero-order valence-corrected chi connectivity index (χ0v) is 9.95. The van der Waals surface area contributed by atoms with Gasteiger partial charge in [-0.1, -0.05) is 32.1 Å². The van der Waals surface area contributed by atoms with E-state index in [9.17, 15) is 9.59 Å². The molecular weight excluding hydrogens is 222 g/mol. The predicted molar refractivity (Wildman–Crippen MR) is 60.9 cm³/mol. The van der Waals surface area contributed by atoms with Crippen molar-refractivity contribution >= 4 is 5.97 Å². The summed E-state index contributed by atoms with van der Waals surface area (Å²) in [4.78, 5) is 22.8. The molecule has 0 radical (unpaired) electrons. The maximum absolute atomic E-state index is 11.5. The minimum absolute atomic E-state index is 0.0260. The molecule has 1 aliphatic carbocycles. The van der Waals surface area contributed by atoms with E-state index in [0.717, 1.165) is 12.8 Å². The third-order valence-electron chi connectivity index (χ3n) is 3.38. The second-order valence-electron chi connectivity index (χ2n) is 4.54. The number of esters is 1. The Hall–Kier alpha value is -1.52. The molecule has 0 aliphatic heterocycles. The Balaban J connectivity index is 2.15. The van der Waals surface area contributed by atoms with E-state index in [4.69, 9.17) is 0 Å². The first kappa shape index (κ1) is 12.0. The van der Waals surface area contributed by atoms with Gasteiger partial charge in [0.2, 0.25) is 0 Å². The number of aromatic nitrogens is 1. The highest BCUT2D eigenvalue weighted by atomic mass is 16.5. The van der Waals surface area contributed by atoms with Gasteiger partial charge in [0.05, 0.1) is 12.8 Å². The number of nitrogens with one attached hydrogen (secondary N) is 1. The van der Waals surface area contributed by atoms with Gasteiger partial charge in [-0.3, -0.25) is 0 Å². The molecule has 0 bridgehead atoms. The van der Waals surface area contributed by atoms with Crippen molar-refractivity contribution in [2.75, 3.05) is 7.11 Å². The summed E-state index contributed by atoms with van der Waals surface area (Å²) in [6, 6.07) is 0. The fourth-order valence-electron chi connectivity index (χ4n) is 2.47. The average Bonchev–Trinajstić information content (AvgIpc) is 2.71. The largest absolute Gasteiger partial charge is 0.465 e. The Bertz CT molecular complexity index is 440. The summed E-state index contributed by atoms with van der Waals surface area (Å²) in [5.41, 5.74) is -0.0329. The van der Waals surface area contributed by atoms with E-state index in [1.165, 1.54) is 26.4 Å². The van der Waals surface area contributed by atoms with Crippen LogP contribution in [0.1, 0.15) is 48.2 Å². The van der Waals surface area contributed by atoms with Crippen LogP contribution in [0.15, 0.2) is 9.32 Å². The Morgan fingerprint density at radius 2 is 2.12 bits per heavy atom. The number of methoxy groups -OCH3 is 1. The number of carbonyl (C=O) groups excluding carboxylic acids is 1. The highest BCUT2D eigenvalue weighted by Gasteiger charge is 2.24. The van der Waals surface area contributed by atoms with E-state index in [0.29, 0.717) is 18.0 Å². The van der Waals surface area contributed by atoms with Crippen molar-refractivity contribution in [1.29, 1.82) is 0 Å². The lowest BCUT2D eigenvalue weighted by Crippen LogP contribution is -2.16. The molecule has 1 fully saturated rings. The minimum Gasteiger partial charge on any atom is -0.465 e. The first-order valence-electron chi connectivity index (χ1n) is 6.01. The van der Waals surface area contributed by atoms with Gasteiger partial charge in [0.1, 0.15) is 0 Å². The van der Waals surface area contributed by atoms with Crippen LogP contribution in [-0.2, 0) is 11.2 Å². The van der Waals surface area contributed by atoms with E-state index in [-0.39, 0.29) is 5.56 Å². The van der Waals surface area contributed by atoms with E-state index < -0.39 is 11.6 Å². The lowest BCUT2D eigenvalue weighted by atomic mass is 9.85. The summed E-state index contributed by atoms with van der Waals surface area (Å²) in [5, 5.41) is 2.55. The summed E-state index contributed by atoms with van der Waals surface area (Å²) in [7, 11) is 1.26. The predicted octanol–water partition coefficient (Wildman–Crippen LogP) is 1.88. The molecule has 0 unspecified atom stereocenters. The molecule has 0 saturated heterocycles. The lowest BCUT2D eigenvalue weighted by Gasteiger charge is -2.20. The normalized spacial score (nSPS) is 17.0. The number of hydrogen-bond donors (Lipinski definition) is 1. The molecule has 2 rings (SSSR count). The molecular formula is C12H17NO4. The van der Waals surface area contributed by atoms with Gasteiger partial charge in [-0.05, 0) is 12.3 Å². The third-order valence-corrected chi connectivity index (χ3v) is 3.38. The van der Waals surface area contributed by atoms with E-state index >= 15 is 0 Å². The molecule has 0 spiro atoms. The second-order valence-corrected chi connectivity index (χ2v) is 4.54. The lowest BCUT2D eigenvalue weighted by molar-refractivity contribution is 0.0596. The highest BCUT2D eigenvalue weighted by Crippen LogP contribution is 2.26. The zero-order valence-electron chi connectivity index (χ0n) is 9.95. The van der Waals surface area contributed by atoms with Gasteiger partial charge < -0.3 is 9.26 Å². The molecule has 0 aromatic carbocycles. The van der Waals surface area contributed by atoms with E-state index in [2.05, 4.69) is 14.4 Å². The molecule has 1 saturated carbocycles. The van der Waals surface area contributed by atoms with Crippen LogP contribution in [0.4, 0.5) is 0 Å². The standard InChI is InChI=1S/C12H17NO4/c1-16-11(14)10-9(13-17-12(10)15)7-8-5-3-2-4-6-8/h8,13H,2-7H2,1H3. The first-order chi connectivity index (χ1) is 8.22. The van der Waals surface area contributed by atoms with Crippen molar-refractivity contribution in [2.45, 2.75) is 38.5 Å². The highest BCUT2D eigenvalue weighted by molar-refractivity contribution is 5.89. The molecule has 5 heteroatoms. The number of aromatic amines is 1. The minimum atomic E-state index is -0.636. The molecule has 1 aromatic heterocycles. The van der Waals surface area contributed by atoms with Gasteiger partial charge in [-0.15, -0.1) is 0 Å². The van der Waals surface area contributed by atoms with Crippen LogP contribution >= 0.6 is 0 Å². The van der Waals surface area contributed by atoms with Crippen molar-refractivity contribution < 1.29 is 14.1 Å². The maximum atomic E-state index is 11.5. The van der Waals surface area contributed by atoms with Crippen LogP contribution < -0.4 is 5.63 Å². The van der Waals surface area contributed by atoms with Gasteiger partial charge in [-0.2, -0.15) is 0 Å². The molecule has 1 N–H and O–H groups in total. The topological polar surface area (TPSA) is 72.3 Å². The Morgan fingerprint density at radius 3 is 2.76 bits per heavy atom. The number of H-pyrrole nitrogens is 1. The van der Waals surface area contributed by atoms with Crippen LogP contribution in [0.25, 0.3) is 0 Å². The quantitative estimate of drug-likeness (QED) is 0.817. The van der Waals surface area contributed by atoms with Crippen LogP contribution in [0, 0.1) is 5.92 Å². The fraction of sp³-hybridized carbons (Fsp3) is 0.667. The SMILES string of the molecule is COC(=O)c1c(CC2CCCCC2)[nH]oc1=O. The van der Waals surface area contributed by atoms with Crippen molar-refractivity contribution in [3.8, 4) is 0 Å². The van der Waals surface area contributed by atoms with Gasteiger partial charge in [0.25, 0.3) is 0 Å². The Morgan fingerprint density at radius 1 is 1.41 bits per heavy atom. The zero-order chi connectivity index (χ0) is 12.3.